The first-order chi connectivity index (χ1) is 52.6. The molecule has 111 heavy (non-hydrogen) atoms. The lowest BCUT2D eigenvalue weighted by Crippen LogP contribution is -2.60. The van der Waals surface area contributed by atoms with E-state index in [2.05, 4.69) is 101 Å². The lowest BCUT2D eigenvalue weighted by atomic mass is 10.0. The van der Waals surface area contributed by atoms with Crippen molar-refractivity contribution in [3.63, 3.8) is 0 Å². The van der Waals surface area contributed by atoms with Crippen LogP contribution in [0.4, 0.5) is 0 Å². The number of benzene rings is 1. The van der Waals surface area contributed by atoms with Gasteiger partial charge in [-0.3, -0.25) is 96.0 Å². The Balaban J connectivity index is 2.56. The maximum absolute atomic E-state index is 14.8. The molecule has 0 saturated carbocycles. The lowest BCUT2D eigenvalue weighted by molar-refractivity contribution is -0.136. The SMILES string of the molecule is N=C(N)NCCC[C@H](NC(=O)[C@H](CCCNC(=N)N)NC(=O)[C@H](CCCNC(=N)N)NC(=O)[C@H](CCCNC(=N)N)NC(=O)[C@H](CCCNC(=N)N)NC(=O)[C@H](CCCNC(=N)N)NC(=O)[C@H](CCCNC(=N)N)NC(=O)CNC(=O)CNC(=O)[C@H](Cc1c[nH]c2ccccc12)NC(=O)[C@@H](N)CCCNC(=N)N)C(N)=O. The maximum atomic E-state index is 14.8. The van der Waals surface area contributed by atoms with Gasteiger partial charge in [-0.1, -0.05) is 18.2 Å². The van der Waals surface area contributed by atoms with E-state index in [-0.39, 0.29) is 167 Å². The summed E-state index contributed by atoms with van der Waals surface area (Å²) in [4.78, 5) is 157. The first-order valence-electron chi connectivity index (χ1n) is 35.8. The average molecular weight is 1570 g/mol. The standard InChI is InChI=1S/C63H115N37O11/c64-35(12-3-21-82-56(66)67)48(104)100-44(29-33-30-90-36-13-2-1-11-34(33)36)49(105)92-31-45(101)91-32-46(102)93-38(15-5-23-84-58(70)71)50(106)95-40(17-7-25-86-60(74)75)52(108)97-42(19-9-27-88-62(78)79)54(110)99-43(20-10-28-89-63(80)81)55(111)98-41(18-8-26-87-61(76)77)53(109)96-39(16-6-24-85-59(72)73)51(107)94-37(47(65)103)14-4-22-83-57(68)69/h1-2,11,13,30,35,37-44,90H,3-10,12,14-29,31-32,64H2,(H2,65,103)(H,91,101)(H,92,105)(H,93,102)(H,94,107)(H,95,106)(H,96,109)(H,97,108)(H,98,111)(H,99,110)(H,100,104)(H4,66,67,82)(H4,68,69,83)(H4,70,71,84)(H4,72,73,85)(H4,74,75,86)(H4,76,77,87)(H4,78,79,88)(H4,80,81,89)/t35-,37-,38-,39-,40-,41-,42-,43-,44-/m0/s1. The number of primary amides is 1. The second-order valence-electron chi connectivity index (χ2n) is 25.5. The molecule has 618 valence electrons. The van der Waals surface area contributed by atoms with E-state index >= 15 is 0 Å². The van der Waals surface area contributed by atoms with Crippen molar-refractivity contribution in [1.29, 1.82) is 43.3 Å². The van der Waals surface area contributed by atoms with Crippen molar-refractivity contribution in [2.24, 2.45) is 57.3 Å². The van der Waals surface area contributed by atoms with Crippen LogP contribution in [0.2, 0.25) is 0 Å². The van der Waals surface area contributed by atoms with E-state index in [1.807, 2.05) is 12.1 Å². The van der Waals surface area contributed by atoms with Crippen LogP contribution in [0.15, 0.2) is 30.5 Å². The molecule has 1 aromatic carbocycles. The highest BCUT2D eigenvalue weighted by atomic mass is 16.2. The monoisotopic (exact) mass is 1570 g/mol. The lowest BCUT2D eigenvalue weighted by Gasteiger charge is -2.28. The minimum Gasteiger partial charge on any atom is -0.370 e. The number of aromatic amines is 1. The Bertz CT molecular complexity index is 3500. The van der Waals surface area contributed by atoms with Gasteiger partial charge in [-0.05, 0) is 114 Å². The molecule has 47 N–H and O–H groups in total. The van der Waals surface area contributed by atoms with Gasteiger partial charge in [0, 0.05) is 75.9 Å². The Labute approximate surface area is 640 Å². The van der Waals surface area contributed by atoms with E-state index in [9.17, 15) is 52.7 Å². The van der Waals surface area contributed by atoms with Gasteiger partial charge in [0.15, 0.2) is 47.7 Å². The number of H-pyrrole nitrogens is 1. The average Bonchev–Trinajstić information content (AvgIpc) is 1.71. The second-order valence-corrected chi connectivity index (χ2v) is 25.5. The quantitative estimate of drug-likeness (QED) is 0.0166. The highest BCUT2D eigenvalue weighted by Crippen LogP contribution is 2.20. The van der Waals surface area contributed by atoms with Crippen molar-refractivity contribution < 1.29 is 52.7 Å². The van der Waals surface area contributed by atoms with Crippen LogP contribution >= 0.6 is 0 Å². The molecule has 0 spiro atoms. The number of aromatic nitrogens is 1. The molecule has 2 rings (SSSR count). The summed E-state index contributed by atoms with van der Waals surface area (Å²) in [6.07, 6.45) is 1.40. The molecular formula is C63H115N37O11. The Morgan fingerprint density at radius 2 is 0.577 bits per heavy atom. The van der Waals surface area contributed by atoms with Crippen LogP contribution in [0.3, 0.4) is 0 Å². The van der Waals surface area contributed by atoms with Crippen LogP contribution in [0.5, 0.6) is 0 Å². The number of rotatable bonds is 55. The predicted molar refractivity (Wildman–Crippen MR) is 414 cm³/mol. The highest BCUT2D eigenvalue weighted by Gasteiger charge is 2.35. The minimum atomic E-state index is -1.59. The molecule has 0 saturated heterocycles. The zero-order valence-corrected chi connectivity index (χ0v) is 61.9. The summed E-state index contributed by atoms with van der Waals surface area (Å²) in [5.41, 5.74) is 57.0. The molecule has 0 fully saturated rings. The summed E-state index contributed by atoms with van der Waals surface area (Å²) in [5, 5.41) is 108. The van der Waals surface area contributed by atoms with Crippen LogP contribution in [0, 0.1) is 43.3 Å². The van der Waals surface area contributed by atoms with Gasteiger partial charge in [-0.25, -0.2) is 0 Å². The number of nitrogens with one attached hydrogen (secondary N) is 27. The molecular weight excluding hydrogens is 1450 g/mol. The van der Waals surface area contributed by atoms with Crippen molar-refractivity contribution in [1.82, 2.24) is 101 Å². The van der Waals surface area contributed by atoms with E-state index in [1.54, 1.807) is 18.3 Å². The Morgan fingerprint density at radius 1 is 0.306 bits per heavy atom. The summed E-state index contributed by atoms with van der Waals surface area (Å²) in [6.45, 7) is -1.08. The maximum Gasteiger partial charge on any atom is 0.243 e. The fourth-order valence-corrected chi connectivity index (χ4v) is 10.7. The van der Waals surface area contributed by atoms with Crippen LogP contribution in [-0.2, 0) is 59.2 Å². The van der Waals surface area contributed by atoms with Crippen LogP contribution in [0.25, 0.3) is 10.9 Å². The minimum absolute atomic E-state index is 0.00187. The summed E-state index contributed by atoms with van der Waals surface area (Å²) < 4.78 is 0. The number of nitrogens with two attached hydrogens (primary N) is 10. The van der Waals surface area contributed by atoms with Crippen LogP contribution < -0.4 is 153 Å². The van der Waals surface area contributed by atoms with Crippen LogP contribution in [0.1, 0.15) is 108 Å². The molecule has 11 amide bonds. The van der Waals surface area contributed by atoms with Gasteiger partial charge in [0.2, 0.25) is 65.0 Å². The number of para-hydroxylation sites is 1. The van der Waals surface area contributed by atoms with E-state index < -0.39 is 168 Å². The molecule has 48 nitrogen and oxygen atoms in total. The predicted octanol–water partition coefficient (Wildman–Crippen LogP) is -11.3. The van der Waals surface area contributed by atoms with Gasteiger partial charge in [-0.2, -0.15) is 0 Å². The number of amides is 11. The topological polar surface area (TPSA) is 871 Å². The molecule has 48 heteroatoms. The largest absolute Gasteiger partial charge is 0.370 e. The van der Waals surface area contributed by atoms with Crippen molar-refractivity contribution in [2.75, 3.05) is 65.4 Å². The molecule has 0 bridgehead atoms. The first kappa shape index (κ1) is 94.1. The molecule has 9 atom stereocenters. The molecule has 2 aromatic rings. The molecule has 0 radical (unpaired) electrons. The van der Waals surface area contributed by atoms with E-state index in [0.29, 0.717) is 12.0 Å². The third-order valence-electron chi connectivity index (χ3n) is 16.3. The number of fused-ring (bicyclic) bond motifs is 1. The van der Waals surface area contributed by atoms with Gasteiger partial charge >= 0.3 is 0 Å². The first-order valence-corrected chi connectivity index (χ1v) is 35.8. The Morgan fingerprint density at radius 3 is 0.892 bits per heavy atom. The molecule has 0 aliphatic carbocycles. The number of hydrogen-bond acceptors (Lipinski definition) is 20. The third-order valence-corrected chi connectivity index (χ3v) is 16.3. The zero-order valence-electron chi connectivity index (χ0n) is 61.9. The fraction of sp³-hybridized carbons (Fsp3) is 0.571. The van der Waals surface area contributed by atoms with Crippen molar-refractivity contribution >= 4 is 124 Å². The second kappa shape index (κ2) is 52.1. The Hall–Kier alpha value is -13.0. The van der Waals surface area contributed by atoms with Gasteiger partial charge in [0.25, 0.3) is 0 Å². The normalized spacial score (nSPS) is 13.1. The van der Waals surface area contributed by atoms with E-state index in [0.717, 1.165) is 10.9 Å². The van der Waals surface area contributed by atoms with Crippen molar-refractivity contribution in [3.05, 3.63) is 36.0 Å². The smallest absolute Gasteiger partial charge is 0.243 e. The number of guanidine groups is 8. The zero-order chi connectivity index (χ0) is 83.0. The number of hydrogen-bond donors (Lipinski definition) is 37. The van der Waals surface area contributed by atoms with Crippen molar-refractivity contribution in [3.8, 4) is 0 Å². The summed E-state index contributed by atoms with van der Waals surface area (Å²) in [5.74, 6) is -13.2. The summed E-state index contributed by atoms with van der Waals surface area (Å²) in [7, 11) is 0. The fourth-order valence-electron chi connectivity index (χ4n) is 10.7. The highest BCUT2D eigenvalue weighted by molar-refractivity contribution is 5.99. The summed E-state index contributed by atoms with van der Waals surface area (Å²) >= 11 is 0. The third kappa shape index (κ3) is 41.7. The molecule has 1 heterocycles. The Kier molecular flexibility index (Phi) is 44.2. The van der Waals surface area contributed by atoms with Crippen molar-refractivity contribution in [2.45, 2.75) is 164 Å². The van der Waals surface area contributed by atoms with E-state index in [4.69, 9.17) is 101 Å². The van der Waals surface area contributed by atoms with Gasteiger partial charge in [-0.15, -0.1) is 0 Å². The van der Waals surface area contributed by atoms with Gasteiger partial charge in [0.05, 0.1) is 19.1 Å². The molecule has 1 aromatic heterocycles. The van der Waals surface area contributed by atoms with Gasteiger partial charge in [0.1, 0.15) is 48.3 Å². The number of carbonyl (C=O) groups is 11. The summed E-state index contributed by atoms with van der Waals surface area (Å²) in [6, 6.07) is -5.55. The molecule has 0 unspecified atom stereocenters. The van der Waals surface area contributed by atoms with E-state index in [1.165, 1.54) is 0 Å². The van der Waals surface area contributed by atoms with Gasteiger partial charge < -0.3 is 158 Å². The molecule has 0 aliphatic rings. The van der Waals surface area contributed by atoms with Crippen LogP contribution in [-0.4, -0.2) is 237 Å². The molecule has 0 aliphatic heterocycles. The number of carbonyl (C=O) groups excluding carboxylic acids is 11.